The summed E-state index contributed by atoms with van der Waals surface area (Å²) in [6.07, 6.45) is 9.86. The molecule has 0 spiro atoms. The van der Waals surface area contributed by atoms with Crippen molar-refractivity contribution in [2.45, 2.75) is 25.7 Å². The van der Waals surface area contributed by atoms with Crippen molar-refractivity contribution in [3.63, 3.8) is 0 Å². The maximum absolute atomic E-state index is 12.6. The third-order valence-corrected chi connectivity index (χ3v) is 4.82. The molecule has 0 bridgehead atoms. The van der Waals surface area contributed by atoms with Gasteiger partial charge in [-0.2, -0.15) is 0 Å². The molecule has 1 N–H and O–H groups in total. The second kappa shape index (κ2) is 8.54. The molecule has 1 aliphatic heterocycles. The van der Waals surface area contributed by atoms with Gasteiger partial charge in [0.05, 0.1) is 5.69 Å². The molecule has 0 unspecified atom stereocenters. The first-order chi connectivity index (χ1) is 13.2. The van der Waals surface area contributed by atoms with Crippen molar-refractivity contribution >= 4 is 17.7 Å². The molecule has 2 aromatic rings. The Hall–Kier alpha value is -3.07. The summed E-state index contributed by atoms with van der Waals surface area (Å²) in [6, 6.07) is 12.0. The van der Waals surface area contributed by atoms with E-state index in [0.717, 1.165) is 27.9 Å². The molecule has 1 aliphatic rings. The minimum Gasteiger partial charge on any atom is -0.507 e. The van der Waals surface area contributed by atoms with Gasteiger partial charge in [0, 0.05) is 18.5 Å². The fourth-order valence-electron chi connectivity index (χ4n) is 3.58. The highest BCUT2D eigenvalue weighted by Gasteiger charge is 2.28. The van der Waals surface area contributed by atoms with Gasteiger partial charge in [0.15, 0.2) is 0 Å². The zero-order valence-corrected chi connectivity index (χ0v) is 15.5. The van der Waals surface area contributed by atoms with Crippen LogP contribution >= 0.6 is 0 Å². The Kier molecular flexibility index (Phi) is 5.92. The van der Waals surface area contributed by atoms with Crippen LogP contribution in [0.2, 0.25) is 0 Å². The van der Waals surface area contributed by atoms with Crippen LogP contribution in [0.25, 0.3) is 6.08 Å². The van der Waals surface area contributed by atoms with Gasteiger partial charge in [0.1, 0.15) is 5.75 Å². The minimum atomic E-state index is 0.0846. The Morgan fingerprint density at radius 1 is 1.07 bits per heavy atom. The number of carbonyl (C=O) groups is 1. The van der Waals surface area contributed by atoms with Crippen molar-refractivity contribution in [3.8, 4) is 5.75 Å². The lowest BCUT2D eigenvalue weighted by molar-refractivity contribution is -0.118. The van der Waals surface area contributed by atoms with Crippen LogP contribution in [0, 0.1) is 0 Å². The molecule has 0 aliphatic carbocycles. The molecule has 138 valence electrons. The van der Waals surface area contributed by atoms with Gasteiger partial charge >= 0.3 is 0 Å². The van der Waals surface area contributed by atoms with Gasteiger partial charge in [-0.1, -0.05) is 54.6 Å². The number of amides is 1. The van der Waals surface area contributed by atoms with Crippen molar-refractivity contribution in [2.24, 2.45) is 0 Å². The summed E-state index contributed by atoms with van der Waals surface area (Å²) in [5, 5.41) is 10.8. The number of phenols is 1. The number of phenolic OH excluding ortho intramolecular Hbond substituents is 1. The Labute approximate surface area is 161 Å². The molecule has 0 saturated carbocycles. The average molecular weight is 359 g/mol. The number of anilines is 1. The molecular formula is C24H25NO2. The number of nitrogens with zero attached hydrogens (tertiary/aromatic N) is 1. The van der Waals surface area contributed by atoms with Crippen LogP contribution in [-0.2, 0) is 24.1 Å². The van der Waals surface area contributed by atoms with Crippen LogP contribution in [0.5, 0.6) is 5.75 Å². The van der Waals surface area contributed by atoms with Gasteiger partial charge in [-0.3, -0.25) is 4.79 Å². The number of carbonyl (C=O) groups excluding carboxylic acids is 1. The molecule has 1 heterocycles. The molecule has 0 atom stereocenters. The smallest absolute Gasteiger partial charge is 0.227 e. The van der Waals surface area contributed by atoms with Crippen molar-refractivity contribution in [2.75, 3.05) is 11.4 Å². The third kappa shape index (κ3) is 4.03. The number of aromatic hydroxyl groups is 1. The standard InChI is InChI=1S/C24H25NO2/c1-3-9-20-17-19-14-15-22(26)25(23(19)21(10-4-2)24(20)27)16-8-13-18-11-6-5-7-12-18/h3-8,11-13,17,27H,1-2,9-10,14-16H2/b13-8+. The third-order valence-electron chi connectivity index (χ3n) is 4.82. The lowest BCUT2D eigenvalue weighted by atomic mass is 9.91. The first-order valence-corrected chi connectivity index (χ1v) is 9.26. The summed E-state index contributed by atoms with van der Waals surface area (Å²) in [4.78, 5) is 14.4. The van der Waals surface area contributed by atoms with Crippen molar-refractivity contribution in [1.82, 2.24) is 0 Å². The fourth-order valence-corrected chi connectivity index (χ4v) is 3.58. The SMILES string of the molecule is C=CCc1cc2c(c(CC=C)c1O)N(C/C=C/c1ccccc1)C(=O)CC2. The summed E-state index contributed by atoms with van der Waals surface area (Å²) < 4.78 is 0. The van der Waals surface area contributed by atoms with Crippen molar-refractivity contribution in [3.05, 3.63) is 90.0 Å². The number of allylic oxidation sites excluding steroid dienone is 2. The van der Waals surface area contributed by atoms with E-state index in [1.54, 1.807) is 17.1 Å². The van der Waals surface area contributed by atoms with Crippen LogP contribution in [0.4, 0.5) is 5.69 Å². The van der Waals surface area contributed by atoms with Gasteiger partial charge in [-0.05, 0) is 42.0 Å². The lowest BCUT2D eigenvalue weighted by Gasteiger charge is -2.32. The molecule has 0 fully saturated rings. The quantitative estimate of drug-likeness (QED) is 0.719. The zero-order valence-electron chi connectivity index (χ0n) is 15.5. The van der Waals surface area contributed by atoms with E-state index in [1.807, 2.05) is 48.6 Å². The van der Waals surface area contributed by atoms with E-state index < -0.39 is 0 Å². The van der Waals surface area contributed by atoms with Crippen LogP contribution < -0.4 is 4.90 Å². The predicted molar refractivity (Wildman–Crippen MR) is 112 cm³/mol. The first-order valence-electron chi connectivity index (χ1n) is 9.26. The highest BCUT2D eigenvalue weighted by atomic mass is 16.3. The molecule has 0 saturated heterocycles. The minimum absolute atomic E-state index is 0.0846. The largest absolute Gasteiger partial charge is 0.507 e. The number of aryl methyl sites for hydroxylation is 1. The van der Waals surface area contributed by atoms with E-state index in [0.29, 0.717) is 32.2 Å². The molecular weight excluding hydrogens is 334 g/mol. The van der Waals surface area contributed by atoms with E-state index in [2.05, 4.69) is 13.2 Å². The second-order valence-corrected chi connectivity index (χ2v) is 6.67. The summed E-state index contributed by atoms with van der Waals surface area (Å²) in [6.45, 7) is 8.07. The molecule has 2 aromatic carbocycles. The number of hydrogen-bond donors (Lipinski definition) is 1. The summed E-state index contributed by atoms with van der Waals surface area (Å²) in [5.74, 6) is 0.335. The molecule has 0 aromatic heterocycles. The van der Waals surface area contributed by atoms with Crippen LogP contribution in [0.15, 0.2) is 67.8 Å². The topological polar surface area (TPSA) is 40.5 Å². The number of benzene rings is 2. The van der Waals surface area contributed by atoms with Gasteiger partial charge in [0.25, 0.3) is 0 Å². The monoisotopic (exact) mass is 359 g/mol. The lowest BCUT2D eigenvalue weighted by Crippen LogP contribution is -2.36. The van der Waals surface area contributed by atoms with E-state index in [1.165, 1.54) is 0 Å². The zero-order chi connectivity index (χ0) is 19.2. The van der Waals surface area contributed by atoms with Crippen molar-refractivity contribution < 1.29 is 9.90 Å². The molecule has 3 nitrogen and oxygen atoms in total. The first kappa shape index (κ1) is 18.7. The van der Waals surface area contributed by atoms with Crippen LogP contribution in [-0.4, -0.2) is 17.6 Å². The normalized spacial score (nSPS) is 13.6. The Morgan fingerprint density at radius 2 is 1.81 bits per heavy atom. The summed E-state index contributed by atoms with van der Waals surface area (Å²) in [5.41, 5.74) is 4.68. The Morgan fingerprint density at radius 3 is 2.52 bits per heavy atom. The van der Waals surface area contributed by atoms with E-state index in [9.17, 15) is 9.90 Å². The van der Waals surface area contributed by atoms with E-state index >= 15 is 0 Å². The Bertz CT molecular complexity index is 881. The molecule has 3 heteroatoms. The summed E-state index contributed by atoms with van der Waals surface area (Å²) >= 11 is 0. The average Bonchev–Trinajstić information content (AvgIpc) is 2.68. The number of hydrogen-bond acceptors (Lipinski definition) is 2. The molecule has 0 radical (unpaired) electrons. The van der Waals surface area contributed by atoms with Gasteiger partial charge < -0.3 is 10.0 Å². The van der Waals surface area contributed by atoms with Crippen LogP contribution in [0.1, 0.15) is 28.7 Å². The van der Waals surface area contributed by atoms with Gasteiger partial charge in [-0.15, -0.1) is 13.2 Å². The second-order valence-electron chi connectivity index (χ2n) is 6.67. The fraction of sp³-hybridized carbons (Fsp3) is 0.208. The number of rotatable bonds is 7. The van der Waals surface area contributed by atoms with Gasteiger partial charge in [0.2, 0.25) is 5.91 Å². The van der Waals surface area contributed by atoms with Gasteiger partial charge in [-0.25, -0.2) is 0 Å². The molecule has 3 rings (SSSR count). The molecule has 1 amide bonds. The van der Waals surface area contributed by atoms with E-state index in [4.69, 9.17) is 0 Å². The Balaban J connectivity index is 1.98. The predicted octanol–water partition coefficient (Wildman–Crippen LogP) is 4.84. The van der Waals surface area contributed by atoms with Crippen molar-refractivity contribution in [1.29, 1.82) is 0 Å². The number of fused-ring (bicyclic) bond motifs is 1. The molecule has 27 heavy (non-hydrogen) atoms. The maximum atomic E-state index is 12.6. The maximum Gasteiger partial charge on any atom is 0.227 e. The highest BCUT2D eigenvalue weighted by Crippen LogP contribution is 2.40. The van der Waals surface area contributed by atoms with Crippen LogP contribution in [0.3, 0.4) is 0 Å². The van der Waals surface area contributed by atoms with E-state index in [-0.39, 0.29) is 11.7 Å². The summed E-state index contributed by atoms with van der Waals surface area (Å²) in [7, 11) is 0. The highest BCUT2D eigenvalue weighted by molar-refractivity contribution is 5.98.